The highest BCUT2D eigenvalue weighted by Crippen LogP contribution is 2.24. The Balaban J connectivity index is 1.31. The van der Waals surface area contributed by atoms with E-state index in [-0.39, 0.29) is 24.4 Å². The van der Waals surface area contributed by atoms with Crippen molar-refractivity contribution in [1.82, 2.24) is 16.0 Å². The van der Waals surface area contributed by atoms with Gasteiger partial charge >= 0.3 is 5.97 Å². The molecule has 3 aromatic rings. The molecule has 1 aromatic heterocycles. The van der Waals surface area contributed by atoms with Gasteiger partial charge in [-0.1, -0.05) is 47.6 Å². The van der Waals surface area contributed by atoms with E-state index in [9.17, 15) is 9.18 Å². The largest absolute Gasteiger partial charge is 0.458 e. The van der Waals surface area contributed by atoms with Gasteiger partial charge in [-0.15, -0.1) is 0 Å². The molecule has 2 unspecified atom stereocenters. The van der Waals surface area contributed by atoms with Crippen molar-refractivity contribution in [2.45, 2.75) is 25.1 Å². The van der Waals surface area contributed by atoms with Crippen molar-refractivity contribution in [3.8, 4) is 11.3 Å². The van der Waals surface area contributed by atoms with Crippen LogP contribution in [-0.2, 0) is 16.1 Å². The fraction of sp³-hybridized carbons (Fsp3) is 0.200. The van der Waals surface area contributed by atoms with Crippen LogP contribution in [0.1, 0.15) is 23.7 Å². The zero-order valence-electron chi connectivity index (χ0n) is 14.4. The number of carbonyl (C=O) groups excluding carboxylic acids is 1. The molecule has 0 amide bonds. The van der Waals surface area contributed by atoms with E-state index in [2.05, 4.69) is 16.0 Å². The Bertz CT molecular complexity index is 912. The van der Waals surface area contributed by atoms with Gasteiger partial charge in [0.05, 0.1) is 0 Å². The van der Waals surface area contributed by atoms with Crippen LogP contribution in [0.4, 0.5) is 4.39 Å². The molecule has 7 heteroatoms. The van der Waals surface area contributed by atoms with Gasteiger partial charge in [0.25, 0.3) is 0 Å². The number of carbonyl (C=O) groups is 1. The van der Waals surface area contributed by atoms with Crippen LogP contribution in [0.25, 0.3) is 11.3 Å². The Hall–Kier alpha value is -3.03. The van der Waals surface area contributed by atoms with Crippen molar-refractivity contribution in [1.29, 1.82) is 0 Å². The molecule has 0 spiro atoms. The van der Waals surface area contributed by atoms with Gasteiger partial charge in [-0.05, 0) is 24.1 Å². The summed E-state index contributed by atoms with van der Waals surface area (Å²) < 4.78 is 23.7. The van der Waals surface area contributed by atoms with Gasteiger partial charge in [0.15, 0.2) is 5.76 Å². The molecule has 2 N–H and O–H groups in total. The van der Waals surface area contributed by atoms with Crippen LogP contribution >= 0.6 is 0 Å². The van der Waals surface area contributed by atoms with Gasteiger partial charge in [-0.2, -0.15) is 0 Å². The highest BCUT2D eigenvalue weighted by molar-refractivity contribution is 5.76. The van der Waals surface area contributed by atoms with Gasteiger partial charge in [-0.3, -0.25) is 4.79 Å². The summed E-state index contributed by atoms with van der Waals surface area (Å²) in [7, 11) is 0. The number of hydrogen-bond acceptors (Lipinski definition) is 6. The first kappa shape index (κ1) is 17.4. The molecule has 1 fully saturated rings. The number of halogens is 1. The Morgan fingerprint density at radius 3 is 2.70 bits per heavy atom. The predicted molar refractivity (Wildman–Crippen MR) is 95.6 cm³/mol. The average molecular weight is 367 g/mol. The van der Waals surface area contributed by atoms with Crippen LogP contribution < -0.4 is 10.9 Å². The van der Waals surface area contributed by atoms with Crippen molar-refractivity contribution in [2.75, 3.05) is 0 Å². The lowest BCUT2D eigenvalue weighted by atomic mass is 10.0. The highest BCUT2D eigenvalue weighted by atomic mass is 19.1. The third-order valence-electron chi connectivity index (χ3n) is 4.44. The molecule has 2 atom stereocenters. The molecule has 1 aliphatic rings. The van der Waals surface area contributed by atoms with E-state index in [1.54, 1.807) is 18.2 Å². The summed E-state index contributed by atoms with van der Waals surface area (Å²) >= 11 is 0. The third kappa shape index (κ3) is 4.05. The fourth-order valence-electron chi connectivity index (χ4n) is 2.99. The monoisotopic (exact) mass is 367 g/mol. The standard InChI is InChI=1S/C20H18FN3O3/c21-15-8-6-13(7-9-15)17-11-18(23-22-17)20(25)26-12-16-10-19(27-24-16)14-4-2-1-3-5-14/h1-10,17-18,22-23H,11-12H2. The fourth-order valence-corrected chi connectivity index (χ4v) is 2.99. The van der Waals surface area contributed by atoms with Crippen molar-refractivity contribution >= 4 is 5.97 Å². The van der Waals surface area contributed by atoms with Crippen molar-refractivity contribution in [3.63, 3.8) is 0 Å². The first-order chi connectivity index (χ1) is 13.2. The molecular formula is C20H18FN3O3. The summed E-state index contributed by atoms with van der Waals surface area (Å²) in [6.07, 6.45) is 0.512. The summed E-state index contributed by atoms with van der Waals surface area (Å²) in [5.74, 6) is -0.0433. The Labute approximate surface area is 155 Å². The zero-order chi connectivity index (χ0) is 18.6. The average Bonchev–Trinajstić information content (AvgIpc) is 3.37. The second-order valence-electron chi connectivity index (χ2n) is 6.34. The summed E-state index contributed by atoms with van der Waals surface area (Å²) in [6, 6.07) is 17.0. The molecule has 4 rings (SSSR count). The van der Waals surface area contributed by atoms with E-state index in [0.717, 1.165) is 11.1 Å². The van der Waals surface area contributed by atoms with Gasteiger partial charge in [-0.25, -0.2) is 15.2 Å². The molecule has 138 valence electrons. The van der Waals surface area contributed by atoms with Gasteiger partial charge < -0.3 is 9.26 Å². The molecule has 0 aliphatic carbocycles. The van der Waals surface area contributed by atoms with Crippen molar-refractivity contribution < 1.29 is 18.4 Å². The van der Waals surface area contributed by atoms with E-state index in [1.165, 1.54) is 12.1 Å². The van der Waals surface area contributed by atoms with Crippen molar-refractivity contribution in [2.24, 2.45) is 0 Å². The van der Waals surface area contributed by atoms with E-state index < -0.39 is 6.04 Å². The van der Waals surface area contributed by atoms with Crippen LogP contribution in [0.3, 0.4) is 0 Å². The van der Waals surface area contributed by atoms with Crippen LogP contribution in [0.15, 0.2) is 65.2 Å². The Morgan fingerprint density at radius 1 is 1.15 bits per heavy atom. The number of ether oxygens (including phenoxy) is 1. The Kier molecular flexibility index (Phi) is 4.95. The maximum Gasteiger partial charge on any atom is 0.324 e. The second-order valence-corrected chi connectivity index (χ2v) is 6.34. The third-order valence-corrected chi connectivity index (χ3v) is 4.44. The molecule has 0 saturated carbocycles. The number of nitrogens with one attached hydrogen (secondary N) is 2. The first-order valence-electron chi connectivity index (χ1n) is 8.63. The molecule has 2 heterocycles. The number of esters is 1. The quantitative estimate of drug-likeness (QED) is 0.675. The molecule has 6 nitrogen and oxygen atoms in total. The number of nitrogens with zero attached hydrogens (tertiary/aromatic N) is 1. The van der Waals surface area contributed by atoms with Crippen LogP contribution in [0.2, 0.25) is 0 Å². The Morgan fingerprint density at radius 2 is 1.93 bits per heavy atom. The number of hydrogen-bond donors (Lipinski definition) is 2. The van der Waals surface area contributed by atoms with Crippen LogP contribution in [-0.4, -0.2) is 17.2 Å². The summed E-state index contributed by atoms with van der Waals surface area (Å²) in [4.78, 5) is 12.3. The number of hydrazine groups is 1. The summed E-state index contributed by atoms with van der Waals surface area (Å²) in [5, 5.41) is 3.94. The minimum atomic E-state index is -0.486. The molecule has 0 bridgehead atoms. The lowest BCUT2D eigenvalue weighted by Gasteiger charge is -2.09. The molecule has 2 aromatic carbocycles. The van der Waals surface area contributed by atoms with E-state index in [4.69, 9.17) is 9.26 Å². The molecular weight excluding hydrogens is 349 g/mol. The van der Waals surface area contributed by atoms with E-state index >= 15 is 0 Å². The van der Waals surface area contributed by atoms with E-state index in [1.807, 2.05) is 30.3 Å². The lowest BCUT2D eigenvalue weighted by Crippen LogP contribution is -2.37. The van der Waals surface area contributed by atoms with E-state index in [0.29, 0.717) is 17.9 Å². The number of aromatic nitrogens is 1. The first-order valence-corrected chi connectivity index (χ1v) is 8.63. The second kappa shape index (κ2) is 7.69. The SMILES string of the molecule is O=C(OCc1cc(-c2ccccc2)on1)C1CC(c2ccc(F)cc2)NN1. The molecule has 1 aliphatic heterocycles. The van der Waals surface area contributed by atoms with Crippen LogP contribution in [0.5, 0.6) is 0 Å². The minimum absolute atomic E-state index is 0.0363. The molecule has 27 heavy (non-hydrogen) atoms. The van der Waals surface area contributed by atoms with Gasteiger partial charge in [0, 0.05) is 17.7 Å². The molecule has 1 saturated heterocycles. The summed E-state index contributed by atoms with van der Waals surface area (Å²) in [6.45, 7) is 0.0363. The van der Waals surface area contributed by atoms with Crippen molar-refractivity contribution in [3.05, 3.63) is 77.7 Å². The maximum atomic E-state index is 13.0. The number of rotatable bonds is 5. The lowest BCUT2D eigenvalue weighted by molar-refractivity contribution is -0.147. The molecule has 0 radical (unpaired) electrons. The topological polar surface area (TPSA) is 76.4 Å². The zero-order valence-corrected chi connectivity index (χ0v) is 14.4. The minimum Gasteiger partial charge on any atom is -0.458 e. The highest BCUT2D eigenvalue weighted by Gasteiger charge is 2.31. The van der Waals surface area contributed by atoms with Crippen LogP contribution in [0, 0.1) is 5.82 Å². The summed E-state index contributed by atoms with van der Waals surface area (Å²) in [5.41, 5.74) is 8.32. The normalized spacial score (nSPS) is 19.1. The smallest absolute Gasteiger partial charge is 0.324 e. The van der Waals surface area contributed by atoms with Gasteiger partial charge in [0.2, 0.25) is 0 Å². The maximum absolute atomic E-state index is 13.0. The predicted octanol–water partition coefficient (Wildman–Crippen LogP) is 3.13. The number of benzene rings is 2. The van der Waals surface area contributed by atoms with Gasteiger partial charge in [0.1, 0.15) is 24.2 Å².